The Bertz CT molecular complexity index is 600. The average Bonchev–Trinajstić information content (AvgIpc) is 2.45. The molecule has 21 heavy (non-hydrogen) atoms. The third-order valence-corrected chi connectivity index (χ3v) is 3.67. The average molecular weight is 307 g/mol. The molecule has 0 atom stereocenters. The second-order valence-corrected chi connectivity index (χ2v) is 6.39. The topological polar surface area (TPSA) is 9.23 Å². The molecule has 2 rings (SSSR count). The van der Waals surface area contributed by atoms with Crippen LogP contribution in [0.5, 0.6) is 5.75 Å². The molecule has 0 aromatic heterocycles. The molecule has 0 radical (unpaired) electrons. The fourth-order valence-corrected chi connectivity index (χ4v) is 2.26. The SMILES string of the molecule is CC(C)(C)c1ccc(COc2ccc(F)cc2CCl)cc1. The maximum atomic E-state index is 13.1. The van der Waals surface area contributed by atoms with Gasteiger partial charge < -0.3 is 4.74 Å². The molecule has 3 heteroatoms. The van der Waals surface area contributed by atoms with Crippen molar-refractivity contribution in [3.63, 3.8) is 0 Å². The molecular weight excluding hydrogens is 287 g/mol. The van der Waals surface area contributed by atoms with E-state index in [4.69, 9.17) is 16.3 Å². The van der Waals surface area contributed by atoms with Gasteiger partial charge in [0.05, 0.1) is 5.88 Å². The second-order valence-electron chi connectivity index (χ2n) is 6.12. The molecule has 112 valence electrons. The van der Waals surface area contributed by atoms with Crippen molar-refractivity contribution < 1.29 is 9.13 Å². The normalized spacial score (nSPS) is 11.5. The molecule has 0 spiro atoms. The first-order chi connectivity index (χ1) is 9.90. The zero-order valence-electron chi connectivity index (χ0n) is 12.6. The van der Waals surface area contributed by atoms with Crippen LogP contribution in [0.3, 0.4) is 0 Å². The fraction of sp³-hybridized carbons (Fsp3) is 0.333. The van der Waals surface area contributed by atoms with E-state index < -0.39 is 0 Å². The summed E-state index contributed by atoms with van der Waals surface area (Å²) < 4.78 is 18.9. The van der Waals surface area contributed by atoms with Crippen LogP contribution in [-0.4, -0.2) is 0 Å². The first kappa shape index (κ1) is 15.8. The summed E-state index contributed by atoms with van der Waals surface area (Å²) in [5, 5.41) is 0. The molecule has 0 unspecified atom stereocenters. The van der Waals surface area contributed by atoms with Crippen molar-refractivity contribution in [1.82, 2.24) is 0 Å². The van der Waals surface area contributed by atoms with E-state index >= 15 is 0 Å². The van der Waals surface area contributed by atoms with Crippen LogP contribution in [0.15, 0.2) is 42.5 Å². The van der Waals surface area contributed by atoms with E-state index in [1.54, 1.807) is 6.07 Å². The molecule has 0 aliphatic carbocycles. The van der Waals surface area contributed by atoms with Gasteiger partial charge in [-0.15, -0.1) is 11.6 Å². The lowest BCUT2D eigenvalue weighted by Gasteiger charge is -2.19. The van der Waals surface area contributed by atoms with E-state index in [0.29, 0.717) is 17.9 Å². The van der Waals surface area contributed by atoms with Gasteiger partial charge in [0.15, 0.2) is 0 Å². The third-order valence-electron chi connectivity index (χ3n) is 3.38. The van der Waals surface area contributed by atoms with Crippen LogP contribution in [0, 0.1) is 5.82 Å². The van der Waals surface area contributed by atoms with Gasteiger partial charge in [-0.1, -0.05) is 45.0 Å². The van der Waals surface area contributed by atoms with Crippen LogP contribution in [-0.2, 0) is 17.9 Å². The summed E-state index contributed by atoms with van der Waals surface area (Å²) >= 11 is 5.81. The van der Waals surface area contributed by atoms with Gasteiger partial charge in [0.2, 0.25) is 0 Å². The number of halogens is 2. The Labute approximate surface area is 130 Å². The number of alkyl halides is 1. The first-order valence-corrected chi connectivity index (χ1v) is 7.50. The zero-order chi connectivity index (χ0) is 15.5. The van der Waals surface area contributed by atoms with Crippen molar-refractivity contribution in [2.24, 2.45) is 0 Å². The quantitative estimate of drug-likeness (QED) is 0.683. The van der Waals surface area contributed by atoms with Gasteiger partial charge >= 0.3 is 0 Å². The highest BCUT2D eigenvalue weighted by molar-refractivity contribution is 6.17. The van der Waals surface area contributed by atoms with E-state index in [-0.39, 0.29) is 17.1 Å². The summed E-state index contributed by atoms with van der Waals surface area (Å²) in [6, 6.07) is 12.8. The lowest BCUT2D eigenvalue weighted by molar-refractivity contribution is 0.303. The van der Waals surface area contributed by atoms with E-state index in [2.05, 4.69) is 45.0 Å². The van der Waals surface area contributed by atoms with Crippen LogP contribution in [0.4, 0.5) is 4.39 Å². The Morgan fingerprint density at radius 3 is 2.29 bits per heavy atom. The summed E-state index contributed by atoms with van der Waals surface area (Å²) in [5.74, 6) is 0.564. The largest absolute Gasteiger partial charge is 0.489 e. The minimum Gasteiger partial charge on any atom is -0.489 e. The fourth-order valence-electron chi connectivity index (χ4n) is 2.06. The molecule has 0 saturated carbocycles. The van der Waals surface area contributed by atoms with Crippen LogP contribution in [0.2, 0.25) is 0 Å². The molecule has 0 N–H and O–H groups in total. The molecule has 0 aliphatic heterocycles. The number of hydrogen-bond acceptors (Lipinski definition) is 1. The highest BCUT2D eigenvalue weighted by Crippen LogP contribution is 2.24. The van der Waals surface area contributed by atoms with E-state index in [0.717, 1.165) is 5.56 Å². The Morgan fingerprint density at radius 1 is 1.05 bits per heavy atom. The molecule has 0 amide bonds. The van der Waals surface area contributed by atoms with E-state index in [1.165, 1.54) is 17.7 Å². The Kier molecular flexibility index (Phi) is 4.89. The lowest BCUT2D eigenvalue weighted by atomic mass is 9.87. The molecule has 0 aliphatic rings. The van der Waals surface area contributed by atoms with Crippen LogP contribution in [0.25, 0.3) is 0 Å². The Balaban J connectivity index is 2.07. The summed E-state index contributed by atoms with van der Waals surface area (Å²) in [4.78, 5) is 0. The van der Waals surface area contributed by atoms with Gasteiger partial charge in [0.25, 0.3) is 0 Å². The highest BCUT2D eigenvalue weighted by atomic mass is 35.5. The molecule has 2 aromatic carbocycles. The molecule has 0 fully saturated rings. The molecule has 1 nitrogen and oxygen atoms in total. The molecule has 0 saturated heterocycles. The predicted molar refractivity (Wildman–Crippen MR) is 85.4 cm³/mol. The number of ether oxygens (including phenoxy) is 1. The van der Waals surface area contributed by atoms with Gasteiger partial charge in [-0.05, 0) is 34.7 Å². The zero-order valence-corrected chi connectivity index (χ0v) is 13.4. The first-order valence-electron chi connectivity index (χ1n) is 6.97. The Morgan fingerprint density at radius 2 is 1.71 bits per heavy atom. The third kappa shape index (κ3) is 4.21. The number of hydrogen-bond donors (Lipinski definition) is 0. The molecule has 2 aromatic rings. The van der Waals surface area contributed by atoms with Crippen LogP contribution in [0.1, 0.15) is 37.5 Å². The summed E-state index contributed by atoms with van der Waals surface area (Å²) in [5.41, 5.74) is 3.17. The lowest BCUT2D eigenvalue weighted by Crippen LogP contribution is -2.10. The van der Waals surface area contributed by atoms with Gasteiger partial charge in [-0.25, -0.2) is 4.39 Å². The highest BCUT2D eigenvalue weighted by Gasteiger charge is 2.13. The van der Waals surface area contributed by atoms with Crippen molar-refractivity contribution in [1.29, 1.82) is 0 Å². The predicted octanol–water partition coefficient (Wildman–Crippen LogP) is 5.44. The molecule has 0 bridgehead atoms. The van der Waals surface area contributed by atoms with Gasteiger partial charge in [-0.2, -0.15) is 0 Å². The van der Waals surface area contributed by atoms with Gasteiger partial charge in [0.1, 0.15) is 18.2 Å². The van der Waals surface area contributed by atoms with Crippen molar-refractivity contribution in [2.45, 2.75) is 38.7 Å². The molecule has 0 heterocycles. The maximum absolute atomic E-state index is 13.1. The van der Waals surface area contributed by atoms with E-state index in [1.807, 2.05) is 0 Å². The van der Waals surface area contributed by atoms with Crippen molar-refractivity contribution in [3.05, 3.63) is 65.0 Å². The maximum Gasteiger partial charge on any atom is 0.124 e. The number of rotatable bonds is 4. The molecular formula is C18H20ClFO. The number of benzene rings is 2. The standard InChI is InChI=1S/C18H20ClFO/c1-18(2,3)15-6-4-13(5-7-15)12-21-17-9-8-16(20)10-14(17)11-19/h4-10H,11-12H2,1-3H3. The summed E-state index contributed by atoms with van der Waals surface area (Å²) in [6.45, 7) is 7.00. The summed E-state index contributed by atoms with van der Waals surface area (Å²) in [7, 11) is 0. The smallest absolute Gasteiger partial charge is 0.124 e. The second kappa shape index (κ2) is 6.48. The van der Waals surface area contributed by atoms with E-state index in [9.17, 15) is 4.39 Å². The van der Waals surface area contributed by atoms with Crippen LogP contribution < -0.4 is 4.74 Å². The van der Waals surface area contributed by atoms with Crippen LogP contribution >= 0.6 is 11.6 Å². The monoisotopic (exact) mass is 306 g/mol. The van der Waals surface area contributed by atoms with Gasteiger partial charge in [0, 0.05) is 5.56 Å². The van der Waals surface area contributed by atoms with Crippen molar-refractivity contribution in [3.8, 4) is 5.75 Å². The minimum absolute atomic E-state index is 0.141. The minimum atomic E-state index is -0.299. The van der Waals surface area contributed by atoms with Crippen molar-refractivity contribution >= 4 is 11.6 Å². The summed E-state index contributed by atoms with van der Waals surface area (Å²) in [6.07, 6.45) is 0. The van der Waals surface area contributed by atoms with Crippen molar-refractivity contribution in [2.75, 3.05) is 0 Å². The van der Waals surface area contributed by atoms with Gasteiger partial charge in [-0.3, -0.25) is 0 Å². The Hall–Kier alpha value is -1.54.